The lowest BCUT2D eigenvalue weighted by Crippen LogP contribution is -2.36. The number of carbonyl (C=O) groups is 2. The Kier molecular flexibility index (Phi) is 6.22. The number of benzene rings is 1. The van der Waals surface area contributed by atoms with Crippen molar-refractivity contribution < 1.29 is 23.8 Å². The first-order valence-corrected chi connectivity index (χ1v) is 6.95. The van der Waals surface area contributed by atoms with Crippen molar-refractivity contribution in [3.8, 4) is 5.75 Å². The standard InChI is InChI=1S/C16H23NO5/c1-16(2,3)22-15(19)17-13(10-14(18)21-5)11-7-6-8-12(9-11)20-4/h6-9,13H,10H2,1-5H3,(H,17,19)/t13-/m0/s1. The minimum atomic E-state index is -0.617. The number of hydrogen-bond donors (Lipinski definition) is 1. The van der Waals surface area contributed by atoms with Crippen LogP contribution in [0, 0.1) is 0 Å². The van der Waals surface area contributed by atoms with Crippen LogP contribution >= 0.6 is 0 Å². The van der Waals surface area contributed by atoms with Gasteiger partial charge in [-0.3, -0.25) is 4.79 Å². The summed E-state index contributed by atoms with van der Waals surface area (Å²) in [6, 6.07) is 6.57. The molecule has 1 aromatic rings. The van der Waals surface area contributed by atoms with Crippen LogP contribution in [0.3, 0.4) is 0 Å². The highest BCUT2D eigenvalue weighted by atomic mass is 16.6. The van der Waals surface area contributed by atoms with E-state index >= 15 is 0 Å². The maximum atomic E-state index is 12.0. The molecule has 0 saturated carbocycles. The first-order valence-electron chi connectivity index (χ1n) is 6.95. The Morgan fingerprint density at radius 3 is 2.45 bits per heavy atom. The first-order chi connectivity index (χ1) is 10.2. The highest BCUT2D eigenvalue weighted by Gasteiger charge is 2.23. The summed E-state index contributed by atoms with van der Waals surface area (Å²) in [6.45, 7) is 5.31. The zero-order valence-corrected chi connectivity index (χ0v) is 13.6. The van der Waals surface area contributed by atoms with Crippen LogP contribution < -0.4 is 10.1 Å². The molecule has 0 aromatic heterocycles. The molecule has 22 heavy (non-hydrogen) atoms. The number of ether oxygens (including phenoxy) is 3. The van der Waals surface area contributed by atoms with Gasteiger partial charge in [-0.15, -0.1) is 0 Å². The van der Waals surface area contributed by atoms with E-state index in [0.29, 0.717) is 5.75 Å². The molecule has 122 valence electrons. The third kappa shape index (κ3) is 6.03. The van der Waals surface area contributed by atoms with E-state index in [1.165, 1.54) is 7.11 Å². The van der Waals surface area contributed by atoms with Crippen molar-refractivity contribution in [2.75, 3.05) is 14.2 Å². The monoisotopic (exact) mass is 309 g/mol. The Labute approximate surface area is 130 Å². The smallest absolute Gasteiger partial charge is 0.408 e. The summed E-state index contributed by atoms with van der Waals surface area (Å²) in [5, 5.41) is 2.69. The van der Waals surface area contributed by atoms with Crippen LogP contribution in [-0.4, -0.2) is 31.9 Å². The van der Waals surface area contributed by atoms with Crippen LogP contribution in [-0.2, 0) is 14.3 Å². The summed E-state index contributed by atoms with van der Waals surface area (Å²) in [4.78, 5) is 23.5. The lowest BCUT2D eigenvalue weighted by molar-refractivity contribution is -0.141. The van der Waals surface area contributed by atoms with Crippen LogP contribution in [0.1, 0.15) is 38.8 Å². The lowest BCUT2D eigenvalue weighted by atomic mass is 10.0. The van der Waals surface area contributed by atoms with Crippen molar-refractivity contribution in [3.05, 3.63) is 29.8 Å². The summed E-state index contributed by atoms with van der Waals surface area (Å²) in [6.07, 6.45) is -0.590. The van der Waals surface area contributed by atoms with Crippen molar-refractivity contribution in [1.82, 2.24) is 5.32 Å². The highest BCUT2D eigenvalue weighted by Crippen LogP contribution is 2.22. The second-order valence-electron chi connectivity index (χ2n) is 5.76. The predicted molar refractivity (Wildman–Crippen MR) is 81.7 cm³/mol. The molecule has 0 saturated heterocycles. The van der Waals surface area contributed by atoms with Gasteiger partial charge in [0.1, 0.15) is 11.4 Å². The SMILES string of the molecule is COC(=O)C[C@H](NC(=O)OC(C)(C)C)c1cccc(OC)c1. The second-order valence-corrected chi connectivity index (χ2v) is 5.76. The Morgan fingerprint density at radius 1 is 1.23 bits per heavy atom. The number of nitrogens with one attached hydrogen (secondary N) is 1. The number of carbonyl (C=O) groups excluding carboxylic acids is 2. The lowest BCUT2D eigenvalue weighted by Gasteiger charge is -2.23. The van der Waals surface area contributed by atoms with Crippen LogP contribution in [0.2, 0.25) is 0 Å². The van der Waals surface area contributed by atoms with Gasteiger partial charge in [0.2, 0.25) is 0 Å². The van der Waals surface area contributed by atoms with Crippen molar-refractivity contribution in [2.45, 2.75) is 38.8 Å². The van der Waals surface area contributed by atoms with E-state index in [9.17, 15) is 9.59 Å². The van der Waals surface area contributed by atoms with Gasteiger partial charge in [0.25, 0.3) is 0 Å². The van der Waals surface area contributed by atoms with Gasteiger partial charge in [-0.1, -0.05) is 12.1 Å². The molecule has 1 N–H and O–H groups in total. The van der Waals surface area contributed by atoms with Crippen LogP contribution in [0.15, 0.2) is 24.3 Å². The zero-order valence-electron chi connectivity index (χ0n) is 13.6. The number of esters is 1. The topological polar surface area (TPSA) is 73.9 Å². The Morgan fingerprint density at radius 2 is 1.91 bits per heavy atom. The Hall–Kier alpha value is -2.24. The van der Waals surface area contributed by atoms with Crippen LogP contribution in [0.4, 0.5) is 4.79 Å². The van der Waals surface area contributed by atoms with Gasteiger partial charge in [-0.2, -0.15) is 0 Å². The molecule has 0 aliphatic carbocycles. The molecule has 0 unspecified atom stereocenters. The van der Waals surface area contributed by atoms with E-state index in [0.717, 1.165) is 5.56 Å². The number of alkyl carbamates (subject to hydrolysis) is 1. The van der Waals surface area contributed by atoms with Crippen molar-refractivity contribution in [1.29, 1.82) is 0 Å². The number of methoxy groups -OCH3 is 2. The average molecular weight is 309 g/mol. The van der Waals surface area contributed by atoms with Gasteiger partial charge in [0.15, 0.2) is 0 Å². The van der Waals surface area contributed by atoms with Crippen molar-refractivity contribution in [2.24, 2.45) is 0 Å². The summed E-state index contributed by atoms with van der Waals surface area (Å²) in [5.41, 5.74) is 0.115. The minimum Gasteiger partial charge on any atom is -0.497 e. The fraction of sp³-hybridized carbons (Fsp3) is 0.500. The third-order valence-electron chi connectivity index (χ3n) is 2.79. The van der Waals surface area contributed by atoms with E-state index in [4.69, 9.17) is 9.47 Å². The molecule has 1 aromatic carbocycles. The summed E-state index contributed by atoms with van der Waals surface area (Å²) in [5.74, 6) is 0.210. The van der Waals surface area contributed by atoms with Crippen LogP contribution in [0.25, 0.3) is 0 Å². The quantitative estimate of drug-likeness (QED) is 0.847. The van der Waals surface area contributed by atoms with Gasteiger partial charge < -0.3 is 19.5 Å². The molecule has 6 nitrogen and oxygen atoms in total. The van der Waals surface area contributed by atoms with E-state index in [-0.39, 0.29) is 6.42 Å². The second kappa shape index (κ2) is 7.68. The Balaban J connectivity index is 2.92. The highest BCUT2D eigenvalue weighted by molar-refractivity contribution is 5.73. The van der Waals surface area contributed by atoms with Crippen molar-refractivity contribution in [3.63, 3.8) is 0 Å². The molecule has 1 rings (SSSR count). The molecule has 6 heteroatoms. The predicted octanol–water partition coefficient (Wildman–Crippen LogP) is 2.82. The molecule has 1 amide bonds. The summed E-state index contributed by atoms with van der Waals surface area (Å²) in [7, 11) is 2.86. The maximum Gasteiger partial charge on any atom is 0.408 e. The van der Waals surface area contributed by atoms with Crippen LogP contribution in [0.5, 0.6) is 5.75 Å². The summed E-state index contributed by atoms with van der Waals surface area (Å²) >= 11 is 0. The normalized spacial score (nSPS) is 12.2. The summed E-state index contributed by atoms with van der Waals surface area (Å²) < 4.78 is 15.1. The third-order valence-corrected chi connectivity index (χ3v) is 2.79. The zero-order chi connectivity index (χ0) is 16.8. The fourth-order valence-electron chi connectivity index (χ4n) is 1.81. The number of rotatable bonds is 5. The van der Waals surface area contributed by atoms with E-state index in [2.05, 4.69) is 10.1 Å². The van der Waals surface area contributed by atoms with E-state index < -0.39 is 23.7 Å². The van der Waals surface area contributed by atoms with Gasteiger partial charge in [0.05, 0.1) is 26.7 Å². The molecule has 0 radical (unpaired) electrons. The van der Waals surface area contributed by atoms with E-state index in [1.807, 2.05) is 0 Å². The van der Waals surface area contributed by atoms with Gasteiger partial charge >= 0.3 is 12.1 Å². The molecular weight excluding hydrogens is 286 g/mol. The van der Waals surface area contributed by atoms with Gasteiger partial charge in [0, 0.05) is 0 Å². The Bertz CT molecular complexity index is 522. The minimum absolute atomic E-state index is 0.00289. The molecule has 0 aliphatic rings. The number of hydrogen-bond acceptors (Lipinski definition) is 5. The molecular formula is C16H23NO5. The molecule has 0 fully saturated rings. The molecule has 0 aliphatic heterocycles. The molecule has 0 heterocycles. The largest absolute Gasteiger partial charge is 0.497 e. The van der Waals surface area contributed by atoms with Crippen molar-refractivity contribution >= 4 is 12.1 Å². The molecule has 1 atom stereocenters. The maximum absolute atomic E-state index is 12.0. The van der Waals surface area contributed by atoms with Gasteiger partial charge in [-0.05, 0) is 38.5 Å². The first kappa shape index (κ1) is 17.8. The van der Waals surface area contributed by atoms with Gasteiger partial charge in [-0.25, -0.2) is 4.79 Å². The fourth-order valence-corrected chi connectivity index (χ4v) is 1.81. The van der Waals surface area contributed by atoms with E-state index in [1.54, 1.807) is 52.1 Å². The average Bonchev–Trinajstić information content (AvgIpc) is 2.44. The number of amides is 1. The molecule has 0 bridgehead atoms. The molecule has 0 spiro atoms.